The summed E-state index contributed by atoms with van der Waals surface area (Å²) >= 11 is 0. The van der Waals surface area contributed by atoms with Crippen LogP contribution in [0.15, 0.2) is 60.7 Å². The van der Waals surface area contributed by atoms with Crippen molar-refractivity contribution in [1.29, 1.82) is 0 Å². The first-order valence-electron chi connectivity index (χ1n) is 11.4. The van der Waals surface area contributed by atoms with Crippen LogP contribution in [0.1, 0.15) is 82.3 Å². The van der Waals surface area contributed by atoms with Crippen molar-refractivity contribution in [2.24, 2.45) is 0 Å². The fourth-order valence-electron chi connectivity index (χ4n) is 3.72. The first-order chi connectivity index (χ1) is 14.2. The van der Waals surface area contributed by atoms with Crippen LogP contribution in [0.2, 0.25) is 0 Å². The Morgan fingerprint density at radius 2 is 1.07 bits per heavy atom. The maximum absolute atomic E-state index is 12.1. The van der Waals surface area contributed by atoms with Crippen LogP contribution in [-0.4, -0.2) is 0 Å². The van der Waals surface area contributed by atoms with Crippen molar-refractivity contribution in [2.75, 3.05) is 0 Å². The van der Waals surface area contributed by atoms with Crippen molar-refractivity contribution >= 4 is 0 Å². The Morgan fingerprint density at radius 1 is 0.621 bits per heavy atom. The average molecular weight is 399 g/mol. The number of halogens is 2. The van der Waals surface area contributed by atoms with Gasteiger partial charge in [-0.25, -0.2) is 0 Å². The number of benzene rings is 2. The van der Waals surface area contributed by atoms with Gasteiger partial charge in [0.1, 0.15) is 0 Å². The molecule has 0 aromatic heterocycles. The van der Waals surface area contributed by atoms with E-state index in [1.54, 1.807) is 0 Å². The van der Waals surface area contributed by atoms with E-state index >= 15 is 0 Å². The molecule has 29 heavy (non-hydrogen) atoms. The Labute approximate surface area is 176 Å². The molecule has 0 fully saturated rings. The van der Waals surface area contributed by atoms with E-state index in [-0.39, 0.29) is 0 Å². The summed E-state index contributed by atoms with van der Waals surface area (Å²) in [6.07, 6.45) is 13.9. The van der Waals surface area contributed by atoms with Gasteiger partial charge in [0.05, 0.1) is 0 Å². The van der Waals surface area contributed by atoms with Gasteiger partial charge in [0.2, 0.25) is 0 Å². The Morgan fingerprint density at radius 3 is 1.55 bits per heavy atom. The van der Waals surface area contributed by atoms with Crippen molar-refractivity contribution in [3.8, 4) is 11.1 Å². The van der Waals surface area contributed by atoms with Crippen LogP contribution in [0.25, 0.3) is 11.1 Å². The molecule has 0 aliphatic heterocycles. The molecular formula is C27H36F2. The summed E-state index contributed by atoms with van der Waals surface area (Å²) < 4.78 is 24.2. The van der Waals surface area contributed by atoms with Crippen molar-refractivity contribution in [3.63, 3.8) is 0 Å². The Balaban J connectivity index is 1.68. The summed E-state index contributed by atoms with van der Waals surface area (Å²) in [5.41, 5.74) is 4.89. The molecule has 0 atom stereocenters. The van der Waals surface area contributed by atoms with E-state index in [1.165, 1.54) is 74.5 Å². The molecule has 0 N–H and O–H groups in total. The van der Waals surface area contributed by atoms with E-state index in [9.17, 15) is 8.78 Å². The quantitative estimate of drug-likeness (QED) is 0.278. The predicted octanol–water partition coefficient (Wildman–Crippen LogP) is 9.14. The molecule has 0 radical (unpaired) electrons. The third-order valence-corrected chi connectivity index (χ3v) is 5.54. The molecule has 2 aromatic rings. The molecule has 2 aromatic carbocycles. The molecule has 0 spiro atoms. The number of rotatable bonds is 14. The first-order valence-corrected chi connectivity index (χ1v) is 11.4. The van der Waals surface area contributed by atoms with Gasteiger partial charge in [-0.3, -0.25) is 0 Å². The zero-order valence-corrected chi connectivity index (χ0v) is 17.9. The third-order valence-electron chi connectivity index (χ3n) is 5.54. The zero-order chi connectivity index (χ0) is 20.7. The first kappa shape index (κ1) is 23.3. The van der Waals surface area contributed by atoms with Crippen LogP contribution in [0.4, 0.5) is 8.78 Å². The molecule has 0 saturated heterocycles. The highest BCUT2D eigenvalue weighted by Crippen LogP contribution is 2.22. The minimum atomic E-state index is -1.59. The van der Waals surface area contributed by atoms with Gasteiger partial charge >= 0.3 is 0 Å². The Kier molecular flexibility index (Phi) is 11.3. The fraction of sp³-hybridized carbons (Fsp3) is 0.481. The van der Waals surface area contributed by atoms with Crippen LogP contribution in [0.3, 0.4) is 0 Å². The molecule has 0 aliphatic carbocycles. The van der Waals surface area contributed by atoms with Gasteiger partial charge in [0.15, 0.2) is 0 Å². The predicted molar refractivity (Wildman–Crippen MR) is 121 cm³/mol. The van der Waals surface area contributed by atoms with Crippen molar-refractivity contribution < 1.29 is 8.78 Å². The van der Waals surface area contributed by atoms with Gasteiger partial charge in [0, 0.05) is 0 Å². The summed E-state index contributed by atoms with van der Waals surface area (Å²) in [4.78, 5) is 0. The van der Waals surface area contributed by atoms with Gasteiger partial charge in [-0.1, -0.05) is 107 Å². The number of unbranched alkanes of at least 4 members (excludes halogenated alkanes) is 8. The summed E-state index contributed by atoms with van der Waals surface area (Å²) in [7, 11) is 0. The summed E-state index contributed by atoms with van der Waals surface area (Å²) in [6.45, 7) is 2.27. The zero-order valence-electron chi connectivity index (χ0n) is 17.9. The number of aryl methyl sites for hydroxylation is 2. The molecule has 0 saturated carbocycles. The van der Waals surface area contributed by atoms with E-state index in [0.717, 1.165) is 18.1 Å². The fourth-order valence-corrected chi connectivity index (χ4v) is 3.72. The van der Waals surface area contributed by atoms with Crippen molar-refractivity contribution in [1.82, 2.24) is 0 Å². The lowest BCUT2D eigenvalue weighted by molar-refractivity contribution is 0.417. The van der Waals surface area contributed by atoms with E-state index in [2.05, 4.69) is 43.3 Å². The smallest absolute Gasteiger partial charge is 0.174 e. The second-order valence-corrected chi connectivity index (χ2v) is 8.00. The highest BCUT2D eigenvalue weighted by atomic mass is 19.3. The van der Waals surface area contributed by atoms with Crippen LogP contribution < -0.4 is 0 Å². The molecule has 0 aliphatic rings. The summed E-state index contributed by atoms with van der Waals surface area (Å²) in [5.74, 6) is 0. The van der Waals surface area contributed by atoms with Gasteiger partial charge in [-0.2, -0.15) is 8.78 Å². The van der Waals surface area contributed by atoms with Crippen molar-refractivity contribution in [2.45, 2.75) is 84.0 Å². The lowest BCUT2D eigenvalue weighted by atomic mass is 9.99. The Bertz CT molecular complexity index is 694. The number of allylic oxidation sites excluding steroid dienone is 1. The molecule has 0 amide bonds. The summed E-state index contributed by atoms with van der Waals surface area (Å²) in [6, 6.07) is 17.1. The minimum absolute atomic E-state index is 0.384. The van der Waals surface area contributed by atoms with Gasteiger partial charge < -0.3 is 0 Å². The van der Waals surface area contributed by atoms with Gasteiger partial charge in [-0.05, 0) is 54.0 Å². The molecule has 0 bridgehead atoms. The molecule has 2 rings (SSSR count). The Hall–Kier alpha value is -1.96. The largest absolute Gasteiger partial charge is 0.266 e. The maximum atomic E-state index is 12.1. The molecule has 158 valence electrons. The third kappa shape index (κ3) is 9.87. The molecule has 0 nitrogen and oxygen atoms in total. The van der Waals surface area contributed by atoms with Crippen LogP contribution in [-0.2, 0) is 12.8 Å². The molecular weight excluding hydrogens is 362 g/mol. The second kappa shape index (κ2) is 14.1. The highest BCUT2D eigenvalue weighted by Gasteiger charge is 2.00. The average Bonchev–Trinajstić information content (AvgIpc) is 2.73. The van der Waals surface area contributed by atoms with E-state index < -0.39 is 6.08 Å². The summed E-state index contributed by atoms with van der Waals surface area (Å²) in [5, 5.41) is 0. The lowest BCUT2D eigenvalue weighted by Crippen LogP contribution is -1.88. The molecule has 0 unspecified atom stereocenters. The standard InChI is InChI=1S/C27H36F2/c1-2-3-4-5-6-7-8-9-10-12-23-15-19-25(20-16-23)26-21-17-24(18-22-26)13-11-14-27(28)29/h14-22H,2-13H2,1H3. The second-order valence-electron chi connectivity index (χ2n) is 8.00. The van der Waals surface area contributed by atoms with Crippen LogP contribution in [0, 0.1) is 0 Å². The SMILES string of the molecule is CCCCCCCCCCCc1ccc(-c2ccc(CCC=C(F)F)cc2)cc1. The van der Waals surface area contributed by atoms with Gasteiger partial charge in [-0.15, -0.1) is 0 Å². The topological polar surface area (TPSA) is 0 Å². The normalized spacial score (nSPS) is 10.9. The van der Waals surface area contributed by atoms with Crippen LogP contribution >= 0.6 is 0 Å². The van der Waals surface area contributed by atoms with E-state index in [0.29, 0.717) is 12.8 Å². The highest BCUT2D eigenvalue weighted by molar-refractivity contribution is 5.64. The van der Waals surface area contributed by atoms with E-state index in [1.807, 2.05) is 12.1 Å². The van der Waals surface area contributed by atoms with Crippen molar-refractivity contribution in [3.05, 3.63) is 71.8 Å². The number of hydrogen-bond donors (Lipinski definition) is 0. The van der Waals surface area contributed by atoms with E-state index in [4.69, 9.17) is 0 Å². The molecule has 0 heterocycles. The molecule has 2 heteroatoms. The minimum Gasteiger partial charge on any atom is -0.174 e. The maximum Gasteiger partial charge on any atom is 0.266 e. The monoisotopic (exact) mass is 398 g/mol. The number of hydrogen-bond acceptors (Lipinski definition) is 0. The van der Waals surface area contributed by atoms with Gasteiger partial charge in [0.25, 0.3) is 6.08 Å². The lowest BCUT2D eigenvalue weighted by Gasteiger charge is -2.06. The van der Waals surface area contributed by atoms with Crippen LogP contribution in [0.5, 0.6) is 0 Å².